The molecule has 0 amide bonds. The molecule has 1 rings (SSSR count). The van der Waals surface area contributed by atoms with Crippen molar-refractivity contribution in [3.8, 4) is 12.1 Å². The maximum atomic E-state index is 11.7. The second-order valence-electron chi connectivity index (χ2n) is 3.90. The van der Waals surface area contributed by atoms with Crippen LogP contribution in [-0.2, 0) is 4.74 Å². The zero-order valence-electron chi connectivity index (χ0n) is 11.0. The minimum Gasteiger partial charge on any atom is -0.458 e. The quantitative estimate of drug-likeness (QED) is 0.503. The van der Waals surface area contributed by atoms with Crippen LogP contribution in [0.15, 0.2) is 42.6 Å². The van der Waals surface area contributed by atoms with E-state index in [-0.39, 0.29) is 12.2 Å². The molecule has 1 N–H and O–H groups in total. The lowest BCUT2D eigenvalue weighted by atomic mass is 10.1. The normalized spacial score (nSPS) is 8.75. The van der Waals surface area contributed by atoms with Crippen molar-refractivity contribution in [3.63, 3.8) is 0 Å². The Balaban J connectivity index is 2.95. The summed E-state index contributed by atoms with van der Waals surface area (Å²) >= 11 is 0. The fourth-order valence-electron chi connectivity index (χ4n) is 1.45. The molecular formula is C15H13N3O2. The molecule has 0 aliphatic heterocycles. The van der Waals surface area contributed by atoms with E-state index in [0.29, 0.717) is 11.3 Å². The van der Waals surface area contributed by atoms with Crippen molar-refractivity contribution >= 4 is 11.7 Å². The third kappa shape index (κ3) is 4.32. The largest absolute Gasteiger partial charge is 0.458 e. The van der Waals surface area contributed by atoms with Crippen LogP contribution < -0.4 is 5.32 Å². The SMILES string of the molecule is C=CCOC(=O)c1cc(C)cc(NC=C(C#N)C#N)c1. The van der Waals surface area contributed by atoms with Gasteiger partial charge in [0.2, 0.25) is 0 Å². The van der Waals surface area contributed by atoms with Gasteiger partial charge in [-0.3, -0.25) is 0 Å². The van der Waals surface area contributed by atoms with E-state index in [4.69, 9.17) is 15.3 Å². The molecule has 0 bridgehead atoms. The summed E-state index contributed by atoms with van der Waals surface area (Å²) < 4.78 is 4.95. The lowest BCUT2D eigenvalue weighted by Gasteiger charge is -2.07. The van der Waals surface area contributed by atoms with Gasteiger partial charge in [-0.15, -0.1) is 0 Å². The third-order valence-corrected chi connectivity index (χ3v) is 2.27. The number of allylic oxidation sites excluding steroid dienone is 1. The van der Waals surface area contributed by atoms with Crippen LogP contribution in [0.3, 0.4) is 0 Å². The number of rotatable bonds is 5. The highest BCUT2D eigenvalue weighted by molar-refractivity contribution is 5.91. The minimum atomic E-state index is -0.457. The van der Waals surface area contributed by atoms with Gasteiger partial charge in [0.1, 0.15) is 24.3 Å². The monoisotopic (exact) mass is 267 g/mol. The van der Waals surface area contributed by atoms with E-state index < -0.39 is 5.97 Å². The van der Waals surface area contributed by atoms with Gasteiger partial charge < -0.3 is 10.1 Å². The molecule has 0 aliphatic rings. The van der Waals surface area contributed by atoms with Crippen molar-refractivity contribution in [2.75, 3.05) is 11.9 Å². The number of hydrogen-bond donors (Lipinski definition) is 1. The molecule has 5 heteroatoms. The van der Waals surface area contributed by atoms with Gasteiger partial charge >= 0.3 is 5.97 Å². The Hall–Kier alpha value is -3.05. The van der Waals surface area contributed by atoms with E-state index in [1.54, 1.807) is 30.3 Å². The second-order valence-corrected chi connectivity index (χ2v) is 3.90. The molecule has 20 heavy (non-hydrogen) atoms. The van der Waals surface area contributed by atoms with Gasteiger partial charge in [-0.2, -0.15) is 10.5 Å². The van der Waals surface area contributed by atoms with E-state index in [9.17, 15) is 4.79 Å². The molecule has 0 aromatic heterocycles. The first-order valence-electron chi connectivity index (χ1n) is 5.77. The number of esters is 1. The first kappa shape index (κ1) is 15.0. The van der Waals surface area contributed by atoms with Crippen molar-refractivity contribution in [1.82, 2.24) is 0 Å². The number of ether oxygens (including phenoxy) is 1. The summed E-state index contributed by atoms with van der Waals surface area (Å²) in [5.41, 5.74) is 1.78. The highest BCUT2D eigenvalue weighted by Gasteiger charge is 2.08. The van der Waals surface area contributed by atoms with E-state index in [1.165, 1.54) is 12.3 Å². The number of carbonyl (C=O) groups excluding carboxylic acids is 1. The zero-order valence-corrected chi connectivity index (χ0v) is 11.0. The summed E-state index contributed by atoms with van der Waals surface area (Å²) in [6, 6.07) is 8.53. The molecular weight excluding hydrogens is 254 g/mol. The molecule has 0 atom stereocenters. The molecule has 100 valence electrons. The van der Waals surface area contributed by atoms with E-state index in [0.717, 1.165) is 5.56 Å². The highest BCUT2D eigenvalue weighted by atomic mass is 16.5. The lowest BCUT2D eigenvalue weighted by Crippen LogP contribution is -2.06. The van der Waals surface area contributed by atoms with Gasteiger partial charge in [-0.05, 0) is 30.7 Å². The topological polar surface area (TPSA) is 85.9 Å². The number of anilines is 1. The highest BCUT2D eigenvalue weighted by Crippen LogP contribution is 2.16. The van der Waals surface area contributed by atoms with Gasteiger partial charge in [0.05, 0.1) is 5.56 Å². The predicted octanol–water partition coefficient (Wildman–Crippen LogP) is 2.68. The Kier molecular flexibility index (Phi) is 5.55. The number of nitriles is 2. The summed E-state index contributed by atoms with van der Waals surface area (Å²) in [7, 11) is 0. The Labute approximate surface area is 117 Å². The van der Waals surface area contributed by atoms with Crippen LogP contribution in [0.5, 0.6) is 0 Å². The van der Waals surface area contributed by atoms with Gasteiger partial charge in [-0.1, -0.05) is 12.7 Å². The maximum absolute atomic E-state index is 11.7. The van der Waals surface area contributed by atoms with E-state index in [1.807, 2.05) is 6.92 Å². The molecule has 5 nitrogen and oxygen atoms in total. The number of nitrogens with one attached hydrogen (secondary N) is 1. The van der Waals surface area contributed by atoms with Crippen LogP contribution in [0.25, 0.3) is 0 Å². The lowest BCUT2D eigenvalue weighted by molar-refractivity contribution is 0.0549. The second kappa shape index (κ2) is 7.40. The fraction of sp³-hybridized carbons (Fsp3) is 0.133. The van der Waals surface area contributed by atoms with E-state index in [2.05, 4.69) is 11.9 Å². The van der Waals surface area contributed by atoms with Crippen LogP contribution in [-0.4, -0.2) is 12.6 Å². The smallest absolute Gasteiger partial charge is 0.338 e. The van der Waals surface area contributed by atoms with Crippen LogP contribution in [0.1, 0.15) is 15.9 Å². The van der Waals surface area contributed by atoms with Crippen molar-refractivity contribution in [2.45, 2.75) is 6.92 Å². The van der Waals surface area contributed by atoms with Crippen LogP contribution in [0, 0.1) is 29.6 Å². The number of aryl methyl sites for hydroxylation is 1. The third-order valence-electron chi connectivity index (χ3n) is 2.27. The zero-order chi connectivity index (χ0) is 15.0. The fourth-order valence-corrected chi connectivity index (χ4v) is 1.45. The molecule has 0 fully saturated rings. The average Bonchev–Trinajstić information content (AvgIpc) is 2.45. The van der Waals surface area contributed by atoms with E-state index >= 15 is 0 Å². The Bertz CT molecular complexity index is 617. The number of hydrogen-bond acceptors (Lipinski definition) is 5. The van der Waals surface area contributed by atoms with Gasteiger partial charge in [0.25, 0.3) is 0 Å². The van der Waals surface area contributed by atoms with Crippen LogP contribution >= 0.6 is 0 Å². The maximum Gasteiger partial charge on any atom is 0.338 e. The molecule has 0 saturated heterocycles. The van der Waals surface area contributed by atoms with Gasteiger partial charge in [0.15, 0.2) is 0 Å². The summed E-state index contributed by atoms with van der Waals surface area (Å²) in [5.74, 6) is -0.457. The first-order valence-corrected chi connectivity index (χ1v) is 5.77. The molecule has 1 aromatic carbocycles. The van der Waals surface area contributed by atoms with Crippen molar-refractivity contribution < 1.29 is 9.53 Å². The summed E-state index contributed by atoms with van der Waals surface area (Å²) in [6.07, 6.45) is 2.77. The Morgan fingerprint density at radius 1 is 1.40 bits per heavy atom. The average molecular weight is 267 g/mol. The molecule has 1 aromatic rings. The molecule has 0 spiro atoms. The molecule has 0 unspecified atom stereocenters. The molecule has 0 aliphatic carbocycles. The van der Waals surface area contributed by atoms with Gasteiger partial charge in [-0.25, -0.2) is 4.79 Å². The Morgan fingerprint density at radius 3 is 2.70 bits per heavy atom. The van der Waals surface area contributed by atoms with Crippen LogP contribution in [0.2, 0.25) is 0 Å². The molecule has 0 saturated carbocycles. The predicted molar refractivity (Wildman–Crippen MR) is 74.6 cm³/mol. The van der Waals surface area contributed by atoms with Crippen molar-refractivity contribution in [3.05, 3.63) is 53.8 Å². The van der Waals surface area contributed by atoms with Crippen molar-refractivity contribution in [2.24, 2.45) is 0 Å². The minimum absolute atomic E-state index is 0.0534. The summed E-state index contributed by atoms with van der Waals surface area (Å²) in [4.78, 5) is 11.7. The first-order chi connectivity index (χ1) is 9.60. The van der Waals surface area contributed by atoms with Crippen LogP contribution in [0.4, 0.5) is 5.69 Å². The number of nitrogens with zero attached hydrogens (tertiary/aromatic N) is 2. The molecule has 0 radical (unpaired) electrons. The molecule has 0 heterocycles. The summed E-state index contributed by atoms with van der Waals surface area (Å²) in [5, 5.41) is 20.1. The number of carbonyl (C=O) groups is 1. The van der Waals surface area contributed by atoms with Gasteiger partial charge in [0, 0.05) is 11.9 Å². The Morgan fingerprint density at radius 2 is 2.10 bits per heavy atom. The standard InChI is InChI=1S/C15H13N3O2/c1-3-4-20-15(19)13-5-11(2)6-14(7-13)18-10-12(8-16)9-17/h3,5-7,10,18H,1,4H2,2H3. The van der Waals surface area contributed by atoms with Crippen molar-refractivity contribution in [1.29, 1.82) is 10.5 Å². The number of benzene rings is 1. The summed E-state index contributed by atoms with van der Waals surface area (Å²) in [6.45, 7) is 5.44.